The standard InChI is InChI=1S/C24H20N6O5/c1-13-8-14(2-4-26-13)23-28-17(12-34-23)22(31)27-16-9-18-21(29-20(16)15-3-6-32-11-15)30-24(35-18)19-10-25-5-7-33-19/h2-4,6,8-9,11-12,19,25H,5,7,10H2,1H3,(H,27,31). The number of anilines is 1. The lowest BCUT2D eigenvalue weighted by molar-refractivity contribution is 0.0118. The molecule has 5 aromatic heterocycles. The summed E-state index contributed by atoms with van der Waals surface area (Å²) in [5.41, 5.74) is 4.06. The second kappa shape index (κ2) is 8.78. The highest BCUT2D eigenvalue weighted by molar-refractivity contribution is 6.05. The fraction of sp³-hybridized carbons (Fsp3) is 0.208. The van der Waals surface area contributed by atoms with Crippen LogP contribution < -0.4 is 10.6 Å². The molecule has 1 aliphatic heterocycles. The van der Waals surface area contributed by atoms with Crippen LogP contribution in [0.15, 0.2) is 62.5 Å². The molecule has 2 N–H and O–H groups in total. The average molecular weight is 472 g/mol. The van der Waals surface area contributed by atoms with Gasteiger partial charge < -0.3 is 28.6 Å². The van der Waals surface area contributed by atoms with Crippen LogP contribution in [0.4, 0.5) is 5.69 Å². The number of amides is 1. The van der Waals surface area contributed by atoms with Gasteiger partial charge in [0.2, 0.25) is 11.8 Å². The third-order valence-electron chi connectivity index (χ3n) is 5.53. The van der Waals surface area contributed by atoms with Crippen LogP contribution in [0.5, 0.6) is 0 Å². The van der Waals surface area contributed by atoms with Crippen molar-refractivity contribution in [1.29, 1.82) is 0 Å². The van der Waals surface area contributed by atoms with Crippen molar-refractivity contribution >= 4 is 22.8 Å². The first kappa shape index (κ1) is 21.2. The van der Waals surface area contributed by atoms with Gasteiger partial charge in [-0.1, -0.05) is 0 Å². The molecule has 1 amide bonds. The van der Waals surface area contributed by atoms with Gasteiger partial charge in [0.25, 0.3) is 5.91 Å². The summed E-state index contributed by atoms with van der Waals surface area (Å²) >= 11 is 0. The first-order chi connectivity index (χ1) is 17.1. The molecule has 6 rings (SSSR count). The van der Waals surface area contributed by atoms with Gasteiger partial charge in [0.1, 0.15) is 12.4 Å². The largest absolute Gasteiger partial charge is 0.472 e. The molecule has 0 bridgehead atoms. The van der Waals surface area contributed by atoms with Crippen molar-refractivity contribution in [3.05, 3.63) is 66.5 Å². The SMILES string of the molecule is Cc1cc(-c2nc(C(=O)Nc3cc4oc(C5CNCCO5)nc4nc3-c3ccoc3)co2)ccn1. The summed E-state index contributed by atoms with van der Waals surface area (Å²) in [4.78, 5) is 30.7. The van der Waals surface area contributed by atoms with E-state index in [0.717, 1.165) is 17.8 Å². The fourth-order valence-corrected chi connectivity index (χ4v) is 3.83. The maximum atomic E-state index is 13.1. The second-order valence-electron chi connectivity index (χ2n) is 8.01. The molecule has 0 radical (unpaired) electrons. The minimum absolute atomic E-state index is 0.118. The topological polar surface area (TPSA) is 141 Å². The third kappa shape index (κ3) is 4.18. The molecule has 5 aromatic rings. The number of hydrogen-bond acceptors (Lipinski definition) is 10. The Morgan fingerprint density at radius 1 is 1.14 bits per heavy atom. The van der Waals surface area contributed by atoms with Crippen LogP contribution in [0.25, 0.3) is 33.9 Å². The van der Waals surface area contributed by atoms with Crippen molar-refractivity contribution < 1.29 is 22.8 Å². The number of oxazole rings is 2. The molecule has 1 saturated heterocycles. The van der Waals surface area contributed by atoms with Gasteiger partial charge in [0, 0.05) is 42.2 Å². The number of carbonyl (C=O) groups is 1. The van der Waals surface area contributed by atoms with Crippen molar-refractivity contribution in [2.24, 2.45) is 0 Å². The quantitative estimate of drug-likeness (QED) is 0.388. The third-order valence-corrected chi connectivity index (χ3v) is 5.53. The minimum Gasteiger partial charge on any atom is -0.472 e. The zero-order valence-corrected chi connectivity index (χ0v) is 18.6. The van der Waals surface area contributed by atoms with E-state index in [0.29, 0.717) is 53.1 Å². The Hall–Kier alpha value is -4.35. The number of hydrogen-bond donors (Lipinski definition) is 2. The highest BCUT2D eigenvalue weighted by atomic mass is 16.5. The lowest BCUT2D eigenvalue weighted by Gasteiger charge is -2.20. The van der Waals surface area contributed by atoms with E-state index in [1.54, 1.807) is 30.7 Å². The van der Waals surface area contributed by atoms with Crippen LogP contribution in [-0.4, -0.2) is 45.5 Å². The number of fused-ring (bicyclic) bond motifs is 1. The molecule has 1 fully saturated rings. The predicted octanol–water partition coefficient (Wildman–Crippen LogP) is 3.75. The molecule has 0 aliphatic carbocycles. The highest BCUT2D eigenvalue weighted by Crippen LogP contribution is 2.32. The van der Waals surface area contributed by atoms with Crippen LogP contribution in [0, 0.1) is 6.92 Å². The minimum atomic E-state index is -0.462. The number of aryl methyl sites for hydroxylation is 1. The Balaban J connectivity index is 1.33. The molecule has 11 nitrogen and oxygen atoms in total. The van der Waals surface area contributed by atoms with Crippen molar-refractivity contribution in [2.45, 2.75) is 13.0 Å². The van der Waals surface area contributed by atoms with Crippen molar-refractivity contribution in [1.82, 2.24) is 25.3 Å². The summed E-state index contributed by atoms with van der Waals surface area (Å²) in [5, 5.41) is 6.11. The van der Waals surface area contributed by atoms with Crippen LogP contribution in [0.1, 0.15) is 28.2 Å². The number of aromatic nitrogens is 4. The summed E-state index contributed by atoms with van der Waals surface area (Å²) < 4.78 is 22.4. The van der Waals surface area contributed by atoms with Gasteiger partial charge in [-0.25, -0.2) is 9.97 Å². The first-order valence-electron chi connectivity index (χ1n) is 11.0. The first-order valence-corrected chi connectivity index (χ1v) is 11.0. The van der Waals surface area contributed by atoms with Gasteiger partial charge >= 0.3 is 0 Å². The lowest BCUT2D eigenvalue weighted by Crippen LogP contribution is -2.33. The molecule has 6 heterocycles. The van der Waals surface area contributed by atoms with Crippen LogP contribution in [0.3, 0.4) is 0 Å². The van der Waals surface area contributed by atoms with Gasteiger partial charge in [-0.05, 0) is 25.1 Å². The summed E-state index contributed by atoms with van der Waals surface area (Å²) in [6.07, 6.45) is 5.73. The van der Waals surface area contributed by atoms with Crippen LogP contribution >= 0.6 is 0 Å². The molecular formula is C24H20N6O5. The normalized spacial score (nSPS) is 16.0. The maximum absolute atomic E-state index is 13.1. The van der Waals surface area contributed by atoms with E-state index in [1.165, 1.54) is 12.5 Å². The highest BCUT2D eigenvalue weighted by Gasteiger charge is 2.24. The Morgan fingerprint density at radius 3 is 2.89 bits per heavy atom. The number of nitrogens with zero attached hydrogens (tertiary/aromatic N) is 4. The average Bonchev–Trinajstić information content (AvgIpc) is 3.65. The van der Waals surface area contributed by atoms with Crippen molar-refractivity contribution in [3.63, 3.8) is 0 Å². The van der Waals surface area contributed by atoms with Crippen molar-refractivity contribution in [2.75, 3.05) is 25.0 Å². The number of pyridine rings is 2. The number of carbonyl (C=O) groups excluding carboxylic acids is 1. The fourth-order valence-electron chi connectivity index (χ4n) is 3.83. The van der Waals surface area contributed by atoms with E-state index >= 15 is 0 Å². The zero-order chi connectivity index (χ0) is 23.8. The van der Waals surface area contributed by atoms with Gasteiger partial charge in [0.05, 0.1) is 30.5 Å². The molecule has 0 aromatic carbocycles. The molecule has 11 heteroatoms. The van der Waals surface area contributed by atoms with Crippen LogP contribution in [0.2, 0.25) is 0 Å². The Morgan fingerprint density at radius 2 is 2.09 bits per heavy atom. The van der Waals surface area contributed by atoms with E-state index in [1.807, 2.05) is 13.0 Å². The van der Waals surface area contributed by atoms with E-state index in [4.69, 9.17) is 18.0 Å². The van der Waals surface area contributed by atoms with E-state index in [2.05, 4.69) is 30.6 Å². The van der Waals surface area contributed by atoms with Gasteiger partial charge in [0.15, 0.2) is 16.9 Å². The predicted molar refractivity (Wildman–Crippen MR) is 123 cm³/mol. The van der Waals surface area contributed by atoms with E-state index in [-0.39, 0.29) is 11.8 Å². The van der Waals surface area contributed by atoms with Crippen LogP contribution in [-0.2, 0) is 4.74 Å². The molecule has 0 spiro atoms. The molecule has 1 atom stereocenters. The van der Waals surface area contributed by atoms with Gasteiger partial charge in [-0.3, -0.25) is 9.78 Å². The summed E-state index contributed by atoms with van der Waals surface area (Å²) in [6.45, 7) is 3.81. The second-order valence-corrected chi connectivity index (χ2v) is 8.01. The Bertz CT molecular complexity index is 1500. The number of furan rings is 1. The maximum Gasteiger partial charge on any atom is 0.277 e. The van der Waals surface area contributed by atoms with E-state index < -0.39 is 5.91 Å². The molecule has 1 aliphatic rings. The molecular weight excluding hydrogens is 452 g/mol. The summed E-state index contributed by atoms with van der Waals surface area (Å²) in [7, 11) is 0. The number of rotatable bonds is 5. The lowest BCUT2D eigenvalue weighted by atomic mass is 10.2. The number of ether oxygens (including phenoxy) is 1. The monoisotopic (exact) mass is 472 g/mol. The Labute approximate surface area is 198 Å². The zero-order valence-electron chi connectivity index (χ0n) is 18.6. The number of nitrogens with one attached hydrogen (secondary N) is 2. The molecule has 1 unspecified atom stereocenters. The van der Waals surface area contributed by atoms with Gasteiger partial charge in [-0.15, -0.1) is 0 Å². The van der Waals surface area contributed by atoms with Crippen molar-refractivity contribution in [3.8, 4) is 22.7 Å². The number of morpholine rings is 1. The summed E-state index contributed by atoms with van der Waals surface area (Å²) in [6, 6.07) is 7.03. The molecule has 176 valence electrons. The van der Waals surface area contributed by atoms with E-state index in [9.17, 15) is 4.79 Å². The molecule has 35 heavy (non-hydrogen) atoms. The van der Waals surface area contributed by atoms with Gasteiger partial charge in [-0.2, -0.15) is 4.98 Å². The molecule has 0 saturated carbocycles. The Kier molecular flexibility index (Phi) is 5.32. The summed E-state index contributed by atoms with van der Waals surface area (Å²) in [5.74, 6) is 0.289. The smallest absolute Gasteiger partial charge is 0.277 e.